The molecule has 1 saturated heterocycles. The summed E-state index contributed by atoms with van der Waals surface area (Å²) in [4.78, 5) is 8.61. The average molecular weight is 353 g/mol. The lowest BCUT2D eigenvalue weighted by Crippen LogP contribution is -2.48. The van der Waals surface area contributed by atoms with E-state index in [-0.39, 0.29) is 11.4 Å². The van der Waals surface area contributed by atoms with Crippen molar-refractivity contribution in [2.75, 3.05) is 13.1 Å². The lowest BCUT2D eigenvalue weighted by Gasteiger charge is -2.35. The van der Waals surface area contributed by atoms with E-state index in [1.165, 1.54) is 0 Å². The molecule has 3 rings (SSSR count). The fraction of sp³-hybridized carbons (Fsp3) is 0.765. The molecule has 1 saturated carbocycles. The van der Waals surface area contributed by atoms with Crippen LogP contribution in [0.4, 0.5) is 0 Å². The Morgan fingerprint density at radius 2 is 1.71 bits per heavy atom. The summed E-state index contributed by atoms with van der Waals surface area (Å²) in [5, 5.41) is -0.206. The van der Waals surface area contributed by atoms with Crippen LogP contribution in [-0.2, 0) is 10.0 Å². The van der Waals surface area contributed by atoms with Crippen molar-refractivity contribution in [2.45, 2.75) is 70.1 Å². The number of hydrogen-bond acceptors (Lipinski definition) is 5. The molecule has 134 valence electrons. The number of ether oxygens (including phenoxy) is 1. The van der Waals surface area contributed by atoms with Crippen molar-refractivity contribution < 1.29 is 13.2 Å². The SMILES string of the molecule is Cc1cc(C)nc(OC2CCCN(S(=O)(=O)C3CCCCC3)C2)n1. The topological polar surface area (TPSA) is 72.4 Å². The maximum atomic E-state index is 12.9. The zero-order valence-corrected chi connectivity index (χ0v) is 15.4. The van der Waals surface area contributed by atoms with Gasteiger partial charge in [-0.1, -0.05) is 19.3 Å². The Hall–Kier alpha value is -1.21. The summed E-state index contributed by atoms with van der Waals surface area (Å²) in [6, 6.07) is 2.25. The van der Waals surface area contributed by atoms with Crippen molar-refractivity contribution >= 4 is 10.0 Å². The quantitative estimate of drug-likeness (QED) is 0.832. The summed E-state index contributed by atoms with van der Waals surface area (Å²) < 4.78 is 33.3. The number of nitrogens with zero attached hydrogens (tertiary/aromatic N) is 3. The van der Waals surface area contributed by atoms with Crippen molar-refractivity contribution in [2.24, 2.45) is 0 Å². The van der Waals surface area contributed by atoms with Crippen LogP contribution in [0.25, 0.3) is 0 Å². The van der Waals surface area contributed by atoms with Crippen LogP contribution in [0.5, 0.6) is 6.01 Å². The van der Waals surface area contributed by atoms with Crippen LogP contribution in [0.15, 0.2) is 6.07 Å². The van der Waals surface area contributed by atoms with Gasteiger partial charge in [0.1, 0.15) is 6.10 Å². The summed E-state index contributed by atoms with van der Waals surface area (Å²) in [6.45, 7) is 4.83. The van der Waals surface area contributed by atoms with E-state index in [2.05, 4.69) is 9.97 Å². The summed E-state index contributed by atoms with van der Waals surface area (Å²) in [5.74, 6) is 0. The summed E-state index contributed by atoms with van der Waals surface area (Å²) in [6.07, 6.45) is 6.28. The van der Waals surface area contributed by atoms with E-state index in [9.17, 15) is 8.42 Å². The lowest BCUT2D eigenvalue weighted by atomic mass is 10.0. The minimum Gasteiger partial charge on any atom is -0.459 e. The number of hydrogen-bond donors (Lipinski definition) is 0. The molecule has 2 heterocycles. The third-order valence-corrected chi connectivity index (χ3v) is 7.27. The van der Waals surface area contributed by atoms with Crippen LogP contribution >= 0.6 is 0 Å². The Labute approximate surface area is 144 Å². The molecule has 0 amide bonds. The molecule has 0 N–H and O–H groups in total. The number of aryl methyl sites for hydroxylation is 2. The molecular weight excluding hydrogens is 326 g/mol. The molecule has 1 aromatic rings. The largest absolute Gasteiger partial charge is 0.459 e. The highest BCUT2D eigenvalue weighted by molar-refractivity contribution is 7.89. The molecule has 6 nitrogen and oxygen atoms in total. The number of piperidine rings is 1. The Morgan fingerprint density at radius 3 is 2.38 bits per heavy atom. The Balaban J connectivity index is 1.67. The molecule has 1 atom stereocenters. The molecule has 0 bridgehead atoms. The predicted molar refractivity (Wildman–Crippen MR) is 92.5 cm³/mol. The van der Waals surface area contributed by atoms with Crippen molar-refractivity contribution in [1.29, 1.82) is 0 Å². The zero-order valence-electron chi connectivity index (χ0n) is 14.6. The minimum absolute atomic E-state index is 0.168. The average Bonchev–Trinajstić information content (AvgIpc) is 2.55. The van der Waals surface area contributed by atoms with Gasteiger partial charge in [0.2, 0.25) is 10.0 Å². The van der Waals surface area contributed by atoms with Gasteiger partial charge in [0, 0.05) is 17.9 Å². The van der Waals surface area contributed by atoms with Gasteiger partial charge >= 0.3 is 6.01 Å². The first-order chi connectivity index (χ1) is 11.4. The van der Waals surface area contributed by atoms with Gasteiger partial charge in [-0.3, -0.25) is 0 Å². The third-order valence-electron chi connectivity index (χ3n) is 4.91. The van der Waals surface area contributed by atoms with Crippen LogP contribution in [0, 0.1) is 13.8 Å². The van der Waals surface area contributed by atoms with E-state index >= 15 is 0 Å². The number of aromatic nitrogens is 2. The highest BCUT2D eigenvalue weighted by Gasteiger charge is 2.36. The van der Waals surface area contributed by atoms with E-state index in [1.54, 1.807) is 4.31 Å². The van der Waals surface area contributed by atoms with E-state index in [4.69, 9.17) is 4.74 Å². The number of rotatable bonds is 4. The fourth-order valence-electron chi connectivity index (χ4n) is 3.70. The maximum absolute atomic E-state index is 12.9. The van der Waals surface area contributed by atoms with Crippen molar-refractivity contribution in [3.8, 4) is 6.01 Å². The van der Waals surface area contributed by atoms with Crippen LogP contribution in [0.3, 0.4) is 0 Å². The second kappa shape index (κ2) is 7.35. The summed E-state index contributed by atoms with van der Waals surface area (Å²) in [7, 11) is -3.21. The van der Waals surface area contributed by atoms with Crippen LogP contribution in [0.1, 0.15) is 56.3 Å². The fourth-order valence-corrected chi connectivity index (χ4v) is 5.81. The van der Waals surface area contributed by atoms with E-state index in [1.807, 2.05) is 19.9 Å². The molecule has 1 aliphatic heterocycles. The molecule has 24 heavy (non-hydrogen) atoms. The minimum atomic E-state index is -3.21. The van der Waals surface area contributed by atoms with Gasteiger partial charge in [-0.2, -0.15) is 4.31 Å². The first kappa shape index (κ1) is 17.6. The lowest BCUT2D eigenvalue weighted by molar-refractivity contribution is 0.118. The summed E-state index contributed by atoms with van der Waals surface area (Å²) in [5.41, 5.74) is 1.72. The van der Waals surface area contributed by atoms with Gasteiger partial charge in [-0.25, -0.2) is 18.4 Å². The molecule has 1 aliphatic carbocycles. The number of sulfonamides is 1. The van der Waals surface area contributed by atoms with E-state index in [0.29, 0.717) is 19.1 Å². The van der Waals surface area contributed by atoms with Crippen molar-refractivity contribution in [3.05, 3.63) is 17.5 Å². The van der Waals surface area contributed by atoms with Gasteiger partial charge < -0.3 is 4.74 Å². The summed E-state index contributed by atoms with van der Waals surface area (Å²) >= 11 is 0. The maximum Gasteiger partial charge on any atom is 0.317 e. The monoisotopic (exact) mass is 353 g/mol. The van der Waals surface area contributed by atoms with Crippen molar-refractivity contribution in [1.82, 2.24) is 14.3 Å². The molecule has 2 aliphatic rings. The standard InChI is InChI=1S/C17H27N3O3S/c1-13-11-14(2)19-17(18-13)23-15-7-6-10-20(12-15)24(21,22)16-8-4-3-5-9-16/h11,15-16H,3-10,12H2,1-2H3. The molecule has 1 unspecified atom stereocenters. The molecular formula is C17H27N3O3S. The first-order valence-electron chi connectivity index (χ1n) is 8.93. The second-order valence-corrected chi connectivity index (χ2v) is 9.19. The Morgan fingerprint density at radius 1 is 1.04 bits per heavy atom. The van der Waals surface area contributed by atoms with Crippen LogP contribution < -0.4 is 4.74 Å². The smallest absolute Gasteiger partial charge is 0.317 e. The van der Waals surface area contributed by atoms with Crippen molar-refractivity contribution in [3.63, 3.8) is 0 Å². The highest BCUT2D eigenvalue weighted by atomic mass is 32.2. The Bertz CT molecular complexity index is 651. The van der Waals surface area contributed by atoms with Gasteiger partial charge in [0.05, 0.1) is 11.8 Å². The molecule has 0 spiro atoms. The van der Waals surface area contributed by atoms with Crippen LogP contribution in [0.2, 0.25) is 0 Å². The molecule has 1 aromatic heterocycles. The van der Waals surface area contributed by atoms with Gasteiger partial charge in [-0.05, 0) is 45.6 Å². The van der Waals surface area contributed by atoms with Gasteiger partial charge in [0.25, 0.3) is 0 Å². The molecule has 0 aromatic carbocycles. The molecule has 0 radical (unpaired) electrons. The Kier molecular flexibility index (Phi) is 5.39. The first-order valence-corrected chi connectivity index (χ1v) is 10.4. The van der Waals surface area contributed by atoms with Crippen LogP contribution in [-0.4, -0.2) is 47.1 Å². The normalized spacial score (nSPS) is 24.0. The van der Waals surface area contributed by atoms with E-state index < -0.39 is 10.0 Å². The molecule has 2 fully saturated rings. The highest BCUT2D eigenvalue weighted by Crippen LogP contribution is 2.28. The zero-order chi connectivity index (χ0) is 17.2. The third kappa shape index (κ3) is 4.06. The second-order valence-electron chi connectivity index (χ2n) is 6.98. The van der Waals surface area contributed by atoms with E-state index in [0.717, 1.165) is 56.3 Å². The molecule has 7 heteroatoms. The predicted octanol–water partition coefficient (Wildman–Crippen LogP) is 2.60. The van der Waals surface area contributed by atoms with Gasteiger partial charge in [-0.15, -0.1) is 0 Å². The van der Waals surface area contributed by atoms with Gasteiger partial charge in [0.15, 0.2) is 0 Å².